The van der Waals surface area contributed by atoms with Gasteiger partial charge in [-0.25, -0.2) is 0 Å². The summed E-state index contributed by atoms with van der Waals surface area (Å²) in [5.74, 6) is 0.414. The molecule has 1 atom stereocenters. The molecule has 3 aliphatic heterocycles. The largest absolute Gasteiger partial charge is 1.00 e. The summed E-state index contributed by atoms with van der Waals surface area (Å²) in [5.41, 5.74) is -0.711. The minimum absolute atomic E-state index is 0. The minimum atomic E-state index is -0.711. The number of piperidine rings is 3. The molecule has 2 aromatic rings. The quantitative estimate of drug-likeness (QED) is 0.365. The zero-order valence-electron chi connectivity index (χ0n) is 15.6. The van der Waals surface area contributed by atoms with E-state index in [1.165, 1.54) is 13.1 Å². The number of rotatable bonds is 6. The fourth-order valence-electron chi connectivity index (χ4n) is 4.59. The van der Waals surface area contributed by atoms with Gasteiger partial charge in [0.25, 0.3) is 0 Å². The highest BCUT2D eigenvalue weighted by Gasteiger charge is 2.49. The Hall–Kier alpha value is -0.950. The van der Waals surface area contributed by atoms with Gasteiger partial charge in [0.2, 0.25) is 0 Å². The fourth-order valence-corrected chi connectivity index (χ4v) is 6.43. The molecular formula is C21H26BrNO2S2. The second-order valence-electron chi connectivity index (χ2n) is 7.80. The van der Waals surface area contributed by atoms with Crippen LogP contribution in [0.3, 0.4) is 0 Å². The molecule has 146 valence electrons. The first-order valence-electron chi connectivity index (χ1n) is 9.32. The van der Waals surface area contributed by atoms with E-state index in [0.29, 0.717) is 5.92 Å². The molecule has 3 fully saturated rings. The van der Waals surface area contributed by atoms with Crippen molar-refractivity contribution in [2.75, 3.05) is 26.2 Å². The first-order chi connectivity index (χ1) is 12.6. The molecule has 2 aromatic heterocycles. The predicted molar refractivity (Wildman–Crippen MR) is 108 cm³/mol. The number of hydrogen-bond donors (Lipinski definition) is 0. The normalized spacial score (nSPS) is 27.0. The molecule has 0 N–H and O–H groups in total. The van der Waals surface area contributed by atoms with Gasteiger partial charge in [-0.3, -0.25) is 4.79 Å². The van der Waals surface area contributed by atoms with Gasteiger partial charge >= 0.3 is 5.97 Å². The maximum Gasteiger partial charge on any atom is 0.322 e. The topological polar surface area (TPSA) is 26.3 Å². The van der Waals surface area contributed by atoms with Gasteiger partial charge in [-0.15, -0.1) is 22.7 Å². The second-order valence-corrected chi connectivity index (χ2v) is 9.70. The van der Waals surface area contributed by atoms with Gasteiger partial charge in [-0.1, -0.05) is 18.7 Å². The van der Waals surface area contributed by atoms with E-state index in [1.54, 1.807) is 22.7 Å². The summed E-state index contributed by atoms with van der Waals surface area (Å²) in [4.78, 5) is 15.5. The number of esters is 1. The summed E-state index contributed by atoms with van der Waals surface area (Å²) in [6.07, 6.45) is 4.36. The van der Waals surface area contributed by atoms with Crippen molar-refractivity contribution >= 4 is 28.6 Å². The minimum Gasteiger partial charge on any atom is -1.00 e. The molecule has 0 aromatic carbocycles. The SMILES string of the molecule is C=CC[N+]12CCC(CC1)[C@@H](OC(=O)C(C)(c1cccs1)c1cccs1)C2.[Br-]. The molecule has 3 saturated heterocycles. The van der Waals surface area contributed by atoms with E-state index in [9.17, 15) is 4.79 Å². The average molecular weight is 468 g/mol. The van der Waals surface area contributed by atoms with Crippen LogP contribution in [0.1, 0.15) is 29.5 Å². The number of ether oxygens (including phenoxy) is 1. The zero-order valence-corrected chi connectivity index (χ0v) is 18.8. The van der Waals surface area contributed by atoms with Crippen molar-refractivity contribution in [3.8, 4) is 0 Å². The van der Waals surface area contributed by atoms with Crippen molar-refractivity contribution in [2.24, 2.45) is 5.92 Å². The third-order valence-electron chi connectivity index (χ3n) is 6.25. The van der Waals surface area contributed by atoms with Gasteiger partial charge in [0, 0.05) is 28.5 Å². The highest BCUT2D eigenvalue weighted by Crippen LogP contribution is 2.41. The van der Waals surface area contributed by atoms with Crippen molar-refractivity contribution in [1.82, 2.24) is 0 Å². The molecule has 2 bridgehead atoms. The summed E-state index contributed by atoms with van der Waals surface area (Å²) in [7, 11) is 0. The summed E-state index contributed by atoms with van der Waals surface area (Å²) < 4.78 is 7.27. The summed E-state index contributed by atoms with van der Waals surface area (Å²) in [6.45, 7) is 10.3. The summed E-state index contributed by atoms with van der Waals surface area (Å²) in [5, 5.41) is 4.07. The number of nitrogens with zero attached hydrogens (tertiary/aromatic N) is 1. The lowest BCUT2D eigenvalue weighted by molar-refractivity contribution is -0.941. The Bertz CT molecular complexity index is 730. The van der Waals surface area contributed by atoms with Crippen LogP contribution in [0.5, 0.6) is 0 Å². The lowest BCUT2D eigenvalue weighted by Gasteiger charge is -2.52. The van der Waals surface area contributed by atoms with Crippen molar-refractivity contribution < 1.29 is 31.0 Å². The van der Waals surface area contributed by atoms with Gasteiger partial charge in [0.15, 0.2) is 6.10 Å². The van der Waals surface area contributed by atoms with Gasteiger partial charge in [0.1, 0.15) is 12.0 Å². The van der Waals surface area contributed by atoms with Crippen molar-refractivity contribution in [3.63, 3.8) is 0 Å². The van der Waals surface area contributed by atoms with Crippen LogP contribution in [-0.4, -0.2) is 42.7 Å². The maximum absolute atomic E-state index is 13.4. The number of carbonyl (C=O) groups excluding carboxylic acids is 1. The van der Waals surface area contributed by atoms with E-state index in [0.717, 1.165) is 40.2 Å². The number of quaternary nitrogens is 1. The Morgan fingerprint density at radius 1 is 1.26 bits per heavy atom. The molecule has 0 radical (unpaired) electrons. The van der Waals surface area contributed by atoms with E-state index in [1.807, 2.05) is 48.0 Å². The standard InChI is InChI=1S/C21H26NO2S2.BrH/c1-3-10-22-11-8-16(9-12-22)17(15-22)24-20(23)21(2,18-6-4-13-25-18)19-7-5-14-26-19;/h3-7,13-14,16-17H,1,8-12,15H2,2H3;1H/q+1;/p-1/t16?,17-,22?;/m0./s1. The number of carbonyl (C=O) groups is 1. The van der Waals surface area contributed by atoms with E-state index >= 15 is 0 Å². The van der Waals surface area contributed by atoms with Crippen LogP contribution in [0.15, 0.2) is 47.7 Å². The second kappa shape index (κ2) is 8.19. The summed E-state index contributed by atoms with van der Waals surface area (Å²) >= 11 is 3.26. The molecule has 3 aliphatic rings. The molecule has 6 heteroatoms. The maximum atomic E-state index is 13.4. The van der Waals surface area contributed by atoms with Gasteiger partial charge in [-0.2, -0.15) is 0 Å². The molecular weight excluding hydrogens is 442 g/mol. The number of hydrogen-bond acceptors (Lipinski definition) is 4. The molecule has 27 heavy (non-hydrogen) atoms. The van der Waals surface area contributed by atoms with E-state index in [2.05, 4.69) is 6.58 Å². The predicted octanol–water partition coefficient (Wildman–Crippen LogP) is 1.46. The lowest BCUT2D eigenvalue weighted by Crippen LogP contribution is -3.00. The third kappa shape index (κ3) is 3.69. The Morgan fingerprint density at radius 2 is 1.85 bits per heavy atom. The van der Waals surface area contributed by atoms with Crippen molar-refractivity contribution in [2.45, 2.75) is 31.3 Å². The molecule has 0 saturated carbocycles. The fraction of sp³-hybridized carbons (Fsp3) is 0.476. The van der Waals surface area contributed by atoms with Crippen LogP contribution in [-0.2, 0) is 14.9 Å². The Balaban J connectivity index is 0.00000210. The third-order valence-corrected chi connectivity index (χ3v) is 8.44. The molecule has 3 nitrogen and oxygen atoms in total. The van der Waals surface area contributed by atoms with Crippen LogP contribution in [0, 0.1) is 5.92 Å². The van der Waals surface area contributed by atoms with E-state index < -0.39 is 5.41 Å². The van der Waals surface area contributed by atoms with Crippen LogP contribution in [0.4, 0.5) is 0 Å². The highest BCUT2D eigenvalue weighted by atomic mass is 79.9. The van der Waals surface area contributed by atoms with Crippen molar-refractivity contribution in [1.29, 1.82) is 0 Å². The van der Waals surface area contributed by atoms with E-state index in [4.69, 9.17) is 4.74 Å². The number of thiophene rings is 2. The van der Waals surface area contributed by atoms with E-state index in [-0.39, 0.29) is 29.1 Å². The van der Waals surface area contributed by atoms with Crippen LogP contribution in [0.2, 0.25) is 0 Å². The molecule has 0 amide bonds. The molecule has 5 heterocycles. The molecule has 0 spiro atoms. The van der Waals surface area contributed by atoms with Crippen LogP contribution >= 0.6 is 22.7 Å². The summed E-state index contributed by atoms with van der Waals surface area (Å²) in [6, 6.07) is 8.12. The van der Waals surface area contributed by atoms with Crippen LogP contribution < -0.4 is 17.0 Å². The molecule has 5 rings (SSSR count). The van der Waals surface area contributed by atoms with Crippen LogP contribution in [0.25, 0.3) is 0 Å². The van der Waals surface area contributed by atoms with Crippen molar-refractivity contribution in [3.05, 3.63) is 57.4 Å². The first-order valence-corrected chi connectivity index (χ1v) is 11.1. The monoisotopic (exact) mass is 467 g/mol. The van der Waals surface area contributed by atoms with Gasteiger partial charge < -0.3 is 26.2 Å². The Morgan fingerprint density at radius 3 is 2.33 bits per heavy atom. The highest BCUT2D eigenvalue weighted by molar-refractivity contribution is 7.12. The van der Waals surface area contributed by atoms with Gasteiger partial charge in [-0.05, 0) is 35.9 Å². The number of halogens is 1. The average Bonchev–Trinajstić information content (AvgIpc) is 3.36. The van der Waals surface area contributed by atoms with Gasteiger partial charge in [0.05, 0.1) is 19.6 Å². The molecule has 0 aliphatic carbocycles. The Kier molecular flexibility index (Phi) is 6.31. The number of fused-ring (bicyclic) bond motifs is 3. The Labute approximate surface area is 180 Å². The first kappa shape index (κ1) is 20.8. The smallest absolute Gasteiger partial charge is 0.322 e. The lowest BCUT2D eigenvalue weighted by atomic mass is 9.82. The zero-order chi connectivity index (χ0) is 18.2. The molecule has 0 unspecified atom stereocenters.